The number of carboxylic acid groups (broad SMARTS) is 1. The van der Waals surface area contributed by atoms with Gasteiger partial charge in [-0.2, -0.15) is 5.10 Å². The van der Waals surface area contributed by atoms with Crippen molar-refractivity contribution in [2.24, 2.45) is 0 Å². The van der Waals surface area contributed by atoms with Crippen LogP contribution in [0, 0.1) is 10.6 Å². The lowest BCUT2D eigenvalue weighted by Gasteiger charge is -2.07. The van der Waals surface area contributed by atoms with Gasteiger partial charge in [0.1, 0.15) is 11.5 Å². The molecule has 0 spiro atoms. The Labute approximate surface area is 117 Å². The highest BCUT2D eigenvalue weighted by atomic mass is 32.1. The van der Waals surface area contributed by atoms with Crippen molar-refractivity contribution in [2.75, 3.05) is 0 Å². The van der Waals surface area contributed by atoms with E-state index in [0.717, 1.165) is 4.57 Å². The fourth-order valence-corrected chi connectivity index (χ4v) is 1.88. The summed E-state index contributed by atoms with van der Waals surface area (Å²) >= 11 is 4.98. The third kappa shape index (κ3) is 2.97. The van der Waals surface area contributed by atoms with E-state index in [1.54, 1.807) is 0 Å². The van der Waals surface area contributed by atoms with Gasteiger partial charge < -0.3 is 5.11 Å². The van der Waals surface area contributed by atoms with Crippen molar-refractivity contribution in [1.29, 1.82) is 0 Å². The monoisotopic (exact) mass is 295 g/mol. The molecule has 2 N–H and O–H groups in total. The highest BCUT2D eigenvalue weighted by Crippen LogP contribution is 2.07. The van der Waals surface area contributed by atoms with Crippen LogP contribution in [0.3, 0.4) is 0 Å². The number of halogens is 1. The van der Waals surface area contributed by atoms with Crippen LogP contribution in [0.15, 0.2) is 29.1 Å². The largest absolute Gasteiger partial charge is 0.481 e. The van der Waals surface area contributed by atoms with Gasteiger partial charge >= 0.3 is 5.97 Å². The van der Waals surface area contributed by atoms with E-state index in [-0.39, 0.29) is 23.3 Å². The van der Waals surface area contributed by atoms with E-state index in [4.69, 9.17) is 17.3 Å². The Balaban J connectivity index is 2.50. The molecule has 104 valence electrons. The Hall–Kier alpha value is -2.35. The summed E-state index contributed by atoms with van der Waals surface area (Å²) in [5.74, 6) is -1.46. The molecule has 0 aliphatic carbocycles. The minimum atomic E-state index is -1.03. The predicted molar refractivity (Wildman–Crippen MR) is 70.9 cm³/mol. The van der Waals surface area contributed by atoms with Gasteiger partial charge in [0.15, 0.2) is 0 Å². The van der Waals surface area contributed by atoms with Crippen molar-refractivity contribution in [2.45, 2.75) is 12.8 Å². The summed E-state index contributed by atoms with van der Waals surface area (Å²) in [5.41, 5.74) is -0.0661. The van der Waals surface area contributed by atoms with Gasteiger partial charge in [0.2, 0.25) is 4.77 Å². The average molecular weight is 295 g/mol. The molecule has 1 aromatic carbocycles. The van der Waals surface area contributed by atoms with Crippen molar-refractivity contribution in [3.63, 3.8) is 0 Å². The fraction of sp³-hybridized carbons (Fsp3) is 0.167. The smallest absolute Gasteiger partial charge is 0.303 e. The first-order valence-corrected chi connectivity index (χ1v) is 6.08. The summed E-state index contributed by atoms with van der Waals surface area (Å²) in [6.07, 6.45) is -0.224. The summed E-state index contributed by atoms with van der Waals surface area (Å²) in [7, 11) is 0. The van der Waals surface area contributed by atoms with Crippen molar-refractivity contribution in [3.05, 3.63) is 50.9 Å². The maximum absolute atomic E-state index is 12.9. The molecule has 0 radical (unpaired) electrons. The average Bonchev–Trinajstić information content (AvgIpc) is 2.40. The van der Waals surface area contributed by atoms with Gasteiger partial charge in [0, 0.05) is 6.42 Å². The van der Waals surface area contributed by atoms with Gasteiger partial charge in [0.05, 0.1) is 12.1 Å². The van der Waals surface area contributed by atoms with E-state index in [1.807, 2.05) is 0 Å². The lowest BCUT2D eigenvalue weighted by Crippen LogP contribution is -2.26. The van der Waals surface area contributed by atoms with Crippen LogP contribution in [0.25, 0.3) is 5.69 Å². The molecule has 0 aliphatic rings. The van der Waals surface area contributed by atoms with Gasteiger partial charge in [-0.3, -0.25) is 19.3 Å². The van der Waals surface area contributed by atoms with Gasteiger partial charge in [-0.25, -0.2) is 4.39 Å². The minimum Gasteiger partial charge on any atom is -0.481 e. The van der Waals surface area contributed by atoms with E-state index in [1.165, 1.54) is 24.3 Å². The normalized spacial score (nSPS) is 10.4. The van der Waals surface area contributed by atoms with E-state index in [9.17, 15) is 14.0 Å². The Morgan fingerprint density at radius 1 is 1.40 bits per heavy atom. The third-order valence-electron chi connectivity index (χ3n) is 2.60. The molecule has 1 heterocycles. The molecule has 8 heteroatoms. The molecule has 0 atom stereocenters. The molecule has 20 heavy (non-hydrogen) atoms. The molecule has 0 fully saturated rings. The number of nitrogens with zero attached hydrogens (tertiary/aromatic N) is 2. The molecule has 0 aliphatic heterocycles. The van der Waals surface area contributed by atoms with Gasteiger partial charge in [-0.15, -0.1) is 0 Å². The number of aryl methyl sites for hydroxylation is 1. The molecule has 0 amide bonds. The molecule has 0 saturated carbocycles. The van der Waals surface area contributed by atoms with Crippen LogP contribution < -0.4 is 5.56 Å². The Kier molecular flexibility index (Phi) is 4.04. The molecule has 0 bridgehead atoms. The molecule has 0 saturated heterocycles. The standard InChI is InChI=1S/C12H10FN3O3S/c13-7-1-3-8(4-2-7)16-11(19)9(5-6-10(17)18)14-15-12(16)20/h1-4H,5-6H2,(H,15,20)(H,17,18). The number of nitrogens with one attached hydrogen (secondary N) is 1. The van der Waals surface area contributed by atoms with E-state index in [2.05, 4.69) is 10.2 Å². The van der Waals surface area contributed by atoms with Gasteiger partial charge in [0.25, 0.3) is 5.56 Å². The number of aliphatic carboxylic acids is 1. The number of benzene rings is 1. The SMILES string of the molecule is O=C(O)CCc1n[nH]c(=S)n(-c2ccc(F)cc2)c1=O. The fourth-order valence-electron chi connectivity index (χ4n) is 1.65. The number of hydrogen-bond acceptors (Lipinski definition) is 4. The van der Waals surface area contributed by atoms with Crippen LogP contribution in [-0.4, -0.2) is 25.8 Å². The van der Waals surface area contributed by atoms with Crippen LogP contribution in [0.4, 0.5) is 4.39 Å². The molecule has 1 aromatic heterocycles. The minimum absolute atomic E-state index is 0.0124. The lowest BCUT2D eigenvalue weighted by atomic mass is 10.2. The quantitative estimate of drug-likeness (QED) is 0.833. The van der Waals surface area contributed by atoms with E-state index >= 15 is 0 Å². The number of carboxylic acids is 1. The summed E-state index contributed by atoms with van der Waals surface area (Å²) in [4.78, 5) is 22.7. The van der Waals surface area contributed by atoms with E-state index in [0.29, 0.717) is 5.69 Å². The van der Waals surface area contributed by atoms with Gasteiger partial charge in [-0.05, 0) is 36.5 Å². The summed E-state index contributed by atoms with van der Waals surface area (Å²) in [6, 6.07) is 5.21. The molecule has 2 rings (SSSR count). The zero-order valence-electron chi connectivity index (χ0n) is 10.2. The number of carbonyl (C=O) groups is 1. The highest BCUT2D eigenvalue weighted by molar-refractivity contribution is 7.71. The maximum Gasteiger partial charge on any atom is 0.303 e. The second-order valence-corrected chi connectivity index (χ2v) is 4.37. The first-order valence-electron chi connectivity index (χ1n) is 5.67. The number of hydrogen-bond donors (Lipinski definition) is 2. The molecule has 0 unspecified atom stereocenters. The van der Waals surface area contributed by atoms with Crippen molar-refractivity contribution in [1.82, 2.24) is 14.8 Å². The van der Waals surface area contributed by atoms with Crippen molar-refractivity contribution >= 4 is 18.2 Å². The zero-order valence-corrected chi connectivity index (χ0v) is 11.0. The zero-order chi connectivity index (χ0) is 14.7. The number of aromatic amines is 1. The van der Waals surface area contributed by atoms with Crippen LogP contribution in [-0.2, 0) is 11.2 Å². The highest BCUT2D eigenvalue weighted by Gasteiger charge is 2.10. The molecular formula is C12H10FN3O3S. The van der Waals surface area contributed by atoms with Crippen molar-refractivity contribution in [3.8, 4) is 5.69 Å². The number of rotatable bonds is 4. The third-order valence-corrected chi connectivity index (χ3v) is 2.87. The van der Waals surface area contributed by atoms with Crippen molar-refractivity contribution < 1.29 is 14.3 Å². The Morgan fingerprint density at radius 3 is 2.65 bits per heavy atom. The number of aromatic nitrogens is 3. The summed E-state index contributed by atoms with van der Waals surface area (Å²) in [6.45, 7) is 0. The Morgan fingerprint density at radius 2 is 2.05 bits per heavy atom. The van der Waals surface area contributed by atoms with Crippen LogP contribution in [0.5, 0.6) is 0 Å². The number of H-pyrrole nitrogens is 1. The van der Waals surface area contributed by atoms with Crippen LogP contribution in [0.2, 0.25) is 0 Å². The molecular weight excluding hydrogens is 285 g/mol. The lowest BCUT2D eigenvalue weighted by molar-refractivity contribution is -0.136. The first-order chi connectivity index (χ1) is 9.49. The second kappa shape index (κ2) is 5.74. The Bertz CT molecular complexity index is 752. The predicted octanol–water partition coefficient (Wildman–Crippen LogP) is 1.45. The maximum atomic E-state index is 12.9. The summed E-state index contributed by atoms with van der Waals surface area (Å²) < 4.78 is 14.1. The first kappa shape index (κ1) is 14.1. The van der Waals surface area contributed by atoms with Crippen LogP contribution >= 0.6 is 12.2 Å². The second-order valence-electron chi connectivity index (χ2n) is 3.99. The van der Waals surface area contributed by atoms with Gasteiger partial charge in [-0.1, -0.05) is 0 Å². The van der Waals surface area contributed by atoms with Crippen LogP contribution in [0.1, 0.15) is 12.1 Å². The van der Waals surface area contributed by atoms with E-state index < -0.39 is 17.3 Å². The molecule has 2 aromatic rings. The summed E-state index contributed by atoms with van der Waals surface area (Å²) in [5, 5.41) is 14.9. The molecule has 6 nitrogen and oxygen atoms in total. The topological polar surface area (TPSA) is 88.0 Å².